The summed E-state index contributed by atoms with van der Waals surface area (Å²) in [5, 5.41) is 15.9. The summed E-state index contributed by atoms with van der Waals surface area (Å²) in [5.74, 6) is 0.0102. The van der Waals surface area contributed by atoms with Crippen molar-refractivity contribution in [3.63, 3.8) is 0 Å². The molecule has 1 aromatic carbocycles. The van der Waals surface area contributed by atoms with Crippen LogP contribution in [-0.4, -0.2) is 30.8 Å². The molecule has 0 aliphatic carbocycles. The number of β-amino-alcohol motifs (C(OH)–C–C–N with tert-alkyl or cyclic N) is 1. The molecule has 2 unspecified atom stereocenters. The maximum Gasteiger partial charge on any atom is 0.127 e. The lowest BCUT2D eigenvalue weighted by molar-refractivity contribution is 0.146. The third kappa shape index (κ3) is 4.17. The minimum absolute atomic E-state index is 0. The molecule has 0 saturated carbocycles. The predicted octanol–water partition coefficient (Wildman–Crippen LogP) is 1.68. The van der Waals surface area contributed by atoms with Crippen LogP contribution in [0.15, 0.2) is 22.7 Å². The second-order valence-electron chi connectivity index (χ2n) is 4.35. The van der Waals surface area contributed by atoms with Gasteiger partial charge in [0.05, 0.1) is 6.10 Å². The van der Waals surface area contributed by atoms with E-state index in [0.29, 0.717) is 25.2 Å². The molecule has 0 spiro atoms. The first kappa shape index (κ1) is 15.9. The standard InChI is InChI=1S/C12H16BrFN2O.ClH/c13-10-1-2-11(14)8(3-10)4-15-5-9-6-16-7-12(9)17;/h1-3,9,12,15-17H,4-7H2;1H. The molecule has 3 nitrogen and oxygen atoms in total. The van der Waals surface area contributed by atoms with E-state index in [1.165, 1.54) is 6.07 Å². The van der Waals surface area contributed by atoms with E-state index in [0.717, 1.165) is 11.0 Å². The minimum Gasteiger partial charge on any atom is -0.391 e. The Labute approximate surface area is 121 Å². The van der Waals surface area contributed by atoms with Gasteiger partial charge in [0.2, 0.25) is 0 Å². The summed E-state index contributed by atoms with van der Waals surface area (Å²) in [4.78, 5) is 0. The molecule has 102 valence electrons. The van der Waals surface area contributed by atoms with Crippen molar-refractivity contribution in [2.45, 2.75) is 12.6 Å². The van der Waals surface area contributed by atoms with Crippen LogP contribution in [-0.2, 0) is 6.54 Å². The molecule has 0 amide bonds. The highest BCUT2D eigenvalue weighted by atomic mass is 79.9. The predicted molar refractivity (Wildman–Crippen MR) is 75.4 cm³/mol. The molecule has 6 heteroatoms. The number of benzene rings is 1. The van der Waals surface area contributed by atoms with E-state index in [1.54, 1.807) is 12.1 Å². The summed E-state index contributed by atoms with van der Waals surface area (Å²) >= 11 is 3.32. The molecule has 0 aromatic heterocycles. The molecule has 1 saturated heterocycles. The van der Waals surface area contributed by atoms with E-state index >= 15 is 0 Å². The van der Waals surface area contributed by atoms with Crippen molar-refractivity contribution < 1.29 is 9.50 Å². The average molecular weight is 340 g/mol. The fraction of sp³-hybridized carbons (Fsp3) is 0.500. The smallest absolute Gasteiger partial charge is 0.127 e. The zero-order chi connectivity index (χ0) is 12.3. The average Bonchev–Trinajstić information content (AvgIpc) is 2.70. The van der Waals surface area contributed by atoms with Gasteiger partial charge in [-0.05, 0) is 18.2 Å². The van der Waals surface area contributed by atoms with Crippen LogP contribution < -0.4 is 10.6 Å². The molecule has 1 aliphatic rings. The highest BCUT2D eigenvalue weighted by Gasteiger charge is 2.24. The Hall–Kier alpha value is -0.200. The van der Waals surface area contributed by atoms with Gasteiger partial charge in [0.25, 0.3) is 0 Å². The van der Waals surface area contributed by atoms with Gasteiger partial charge in [-0.1, -0.05) is 15.9 Å². The molecular formula is C12H17BrClFN2O. The van der Waals surface area contributed by atoms with Gasteiger partial charge < -0.3 is 15.7 Å². The van der Waals surface area contributed by atoms with Crippen molar-refractivity contribution in [3.8, 4) is 0 Å². The first-order chi connectivity index (χ1) is 8.16. The second kappa shape index (κ2) is 7.40. The van der Waals surface area contributed by atoms with Crippen molar-refractivity contribution >= 4 is 28.3 Å². The van der Waals surface area contributed by atoms with Crippen LogP contribution in [0.4, 0.5) is 4.39 Å². The molecule has 1 fully saturated rings. The minimum atomic E-state index is -0.296. The summed E-state index contributed by atoms with van der Waals surface area (Å²) in [6.07, 6.45) is -0.296. The number of halogens is 3. The lowest BCUT2D eigenvalue weighted by Gasteiger charge is -2.14. The van der Waals surface area contributed by atoms with Crippen LogP contribution in [0.5, 0.6) is 0 Å². The molecule has 0 radical (unpaired) electrons. The van der Waals surface area contributed by atoms with E-state index in [4.69, 9.17) is 0 Å². The number of rotatable bonds is 4. The van der Waals surface area contributed by atoms with Crippen LogP contribution >= 0.6 is 28.3 Å². The van der Waals surface area contributed by atoms with E-state index in [9.17, 15) is 9.50 Å². The SMILES string of the molecule is Cl.OC1CNCC1CNCc1cc(Br)ccc1F. The zero-order valence-electron chi connectivity index (χ0n) is 9.83. The lowest BCUT2D eigenvalue weighted by Crippen LogP contribution is -2.30. The van der Waals surface area contributed by atoms with Crippen molar-refractivity contribution in [1.29, 1.82) is 0 Å². The molecule has 3 N–H and O–H groups in total. The number of nitrogens with one attached hydrogen (secondary N) is 2. The molecule has 1 aliphatic heterocycles. The van der Waals surface area contributed by atoms with Gasteiger partial charge >= 0.3 is 0 Å². The van der Waals surface area contributed by atoms with Gasteiger partial charge in [0.15, 0.2) is 0 Å². The van der Waals surface area contributed by atoms with Gasteiger partial charge in [0.1, 0.15) is 5.82 Å². The van der Waals surface area contributed by atoms with Gasteiger partial charge in [-0.2, -0.15) is 0 Å². The Morgan fingerprint density at radius 2 is 2.22 bits per heavy atom. The second-order valence-corrected chi connectivity index (χ2v) is 5.27. The van der Waals surface area contributed by atoms with Crippen LogP contribution in [0.25, 0.3) is 0 Å². The van der Waals surface area contributed by atoms with Crippen LogP contribution in [0, 0.1) is 11.7 Å². The third-order valence-electron chi connectivity index (χ3n) is 3.03. The number of aliphatic hydroxyl groups excluding tert-OH is 1. The van der Waals surface area contributed by atoms with E-state index < -0.39 is 0 Å². The first-order valence-electron chi connectivity index (χ1n) is 5.70. The monoisotopic (exact) mass is 338 g/mol. The van der Waals surface area contributed by atoms with Crippen molar-refractivity contribution in [1.82, 2.24) is 10.6 Å². The first-order valence-corrected chi connectivity index (χ1v) is 6.49. The maximum atomic E-state index is 13.4. The lowest BCUT2D eigenvalue weighted by atomic mass is 10.1. The summed E-state index contributed by atoms with van der Waals surface area (Å²) < 4.78 is 14.3. The quantitative estimate of drug-likeness (QED) is 0.782. The topological polar surface area (TPSA) is 44.3 Å². The van der Waals surface area contributed by atoms with Crippen LogP contribution in [0.1, 0.15) is 5.56 Å². The molecule has 18 heavy (non-hydrogen) atoms. The summed E-state index contributed by atoms with van der Waals surface area (Å²) in [5.41, 5.74) is 0.639. The Morgan fingerprint density at radius 1 is 1.44 bits per heavy atom. The van der Waals surface area contributed by atoms with Gasteiger partial charge in [-0.15, -0.1) is 12.4 Å². The largest absolute Gasteiger partial charge is 0.391 e. The van der Waals surface area contributed by atoms with E-state index in [2.05, 4.69) is 26.6 Å². The van der Waals surface area contributed by atoms with Crippen molar-refractivity contribution in [3.05, 3.63) is 34.1 Å². The Balaban J connectivity index is 0.00000162. The Bertz CT molecular complexity index is 394. The molecule has 2 atom stereocenters. The van der Waals surface area contributed by atoms with E-state index in [1.807, 2.05) is 0 Å². The molecule has 2 rings (SSSR count). The molecular weight excluding hydrogens is 322 g/mol. The van der Waals surface area contributed by atoms with Crippen molar-refractivity contribution in [2.75, 3.05) is 19.6 Å². The van der Waals surface area contributed by atoms with Gasteiger partial charge in [0, 0.05) is 42.1 Å². The normalized spacial score (nSPS) is 22.8. The van der Waals surface area contributed by atoms with Gasteiger partial charge in [-0.3, -0.25) is 0 Å². The number of aliphatic hydroxyl groups is 1. The summed E-state index contributed by atoms with van der Waals surface area (Å²) in [6.45, 7) is 2.64. The maximum absolute atomic E-state index is 13.4. The van der Waals surface area contributed by atoms with Gasteiger partial charge in [-0.25, -0.2) is 4.39 Å². The van der Waals surface area contributed by atoms with Crippen molar-refractivity contribution in [2.24, 2.45) is 5.92 Å². The molecule has 1 aromatic rings. The fourth-order valence-corrected chi connectivity index (χ4v) is 2.41. The zero-order valence-corrected chi connectivity index (χ0v) is 12.2. The van der Waals surface area contributed by atoms with Crippen LogP contribution in [0.2, 0.25) is 0 Å². The molecule has 1 heterocycles. The van der Waals surface area contributed by atoms with Crippen LogP contribution in [0.3, 0.4) is 0 Å². The summed E-state index contributed by atoms with van der Waals surface area (Å²) in [7, 11) is 0. The summed E-state index contributed by atoms with van der Waals surface area (Å²) in [6, 6.07) is 4.90. The van der Waals surface area contributed by atoms with E-state index in [-0.39, 0.29) is 30.2 Å². The number of hydrogen-bond donors (Lipinski definition) is 3. The third-order valence-corrected chi connectivity index (χ3v) is 3.53. The molecule has 0 bridgehead atoms. The highest BCUT2D eigenvalue weighted by molar-refractivity contribution is 9.10. The Morgan fingerprint density at radius 3 is 2.89 bits per heavy atom. The fourth-order valence-electron chi connectivity index (χ4n) is 2.00. The number of hydrogen-bond acceptors (Lipinski definition) is 3. The highest BCUT2D eigenvalue weighted by Crippen LogP contribution is 2.15. The Kier molecular flexibility index (Phi) is 6.52.